The summed E-state index contributed by atoms with van der Waals surface area (Å²) in [5, 5.41) is 5.09. The lowest BCUT2D eigenvalue weighted by Gasteiger charge is -2.22. The average Bonchev–Trinajstić information content (AvgIpc) is 2.72. The Bertz CT molecular complexity index is 1060. The molecule has 0 aliphatic rings. The zero-order chi connectivity index (χ0) is 22.4. The van der Waals surface area contributed by atoms with Crippen LogP contribution in [-0.2, 0) is 4.79 Å². The molecule has 0 radical (unpaired) electrons. The molecule has 0 fully saturated rings. The van der Waals surface area contributed by atoms with Crippen LogP contribution in [0, 0.1) is 17.6 Å². The highest BCUT2D eigenvalue weighted by Gasteiger charge is 2.27. The van der Waals surface area contributed by atoms with Gasteiger partial charge in [0, 0.05) is 24.1 Å². The number of nitrogens with zero attached hydrogens (tertiary/aromatic N) is 2. The van der Waals surface area contributed by atoms with E-state index >= 15 is 0 Å². The summed E-state index contributed by atoms with van der Waals surface area (Å²) in [6.07, 6.45) is 4.43. The van der Waals surface area contributed by atoms with Crippen LogP contribution in [0.2, 0.25) is 0 Å². The number of nitrogens with one attached hydrogen (secondary N) is 2. The quantitative estimate of drug-likeness (QED) is 0.597. The molecule has 1 heterocycles. The van der Waals surface area contributed by atoms with E-state index in [1.807, 2.05) is 0 Å². The Kier molecular flexibility index (Phi) is 6.86. The zero-order valence-corrected chi connectivity index (χ0v) is 16.8. The Morgan fingerprint density at radius 3 is 2.39 bits per heavy atom. The lowest BCUT2D eigenvalue weighted by molar-refractivity contribution is -0.118. The van der Waals surface area contributed by atoms with Crippen LogP contribution >= 0.6 is 0 Å². The lowest BCUT2D eigenvalue weighted by atomic mass is 10.0. The summed E-state index contributed by atoms with van der Waals surface area (Å²) in [5.41, 5.74) is -0.330. The van der Waals surface area contributed by atoms with Crippen molar-refractivity contribution < 1.29 is 23.1 Å². The van der Waals surface area contributed by atoms with Gasteiger partial charge in [0.2, 0.25) is 11.8 Å². The first-order valence-electron chi connectivity index (χ1n) is 9.45. The Morgan fingerprint density at radius 2 is 1.74 bits per heavy atom. The van der Waals surface area contributed by atoms with Crippen molar-refractivity contribution in [3.05, 3.63) is 78.3 Å². The molecule has 1 aromatic heterocycles. The van der Waals surface area contributed by atoms with Gasteiger partial charge in [0.25, 0.3) is 5.91 Å². The van der Waals surface area contributed by atoms with Gasteiger partial charge in [-0.3, -0.25) is 14.6 Å². The van der Waals surface area contributed by atoms with Gasteiger partial charge in [-0.15, -0.1) is 0 Å². The van der Waals surface area contributed by atoms with Gasteiger partial charge >= 0.3 is 0 Å². The molecule has 3 aromatic rings. The molecule has 160 valence electrons. The fraction of sp³-hybridized carbons (Fsp3) is 0.182. The summed E-state index contributed by atoms with van der Waals surface area (Å²) < 4.78 is 33.4. The number of aromatic nitrogens is 2. The molecule has 2 aromatic carbocycles. The molecular formula is C22H20F2N4O3. The maximum absolute atomic E-state index is 13.9. The number of anilines is 1. The minimum absolute atomic E-state index is 0.283. The van der Waals surface area contributed by atoms with Crippen molar-refractivity contribution in [3.8, 4) is 11.6 Å². The van der Waals surface area contributed by atoms with Gasteiger partial charge in [0.05, 0.1) is 6.20 Å². The van der Waals surface area contributed by atoms with Crippen LogP contribution in [0.3, 0.4) is 0 Å². The van der Waals surface area contributed by atoms with Gasteiger partial charge in [-0.25, -0.2) is 13.8 Å². The molecule has 9 heteroatoms. The molecule has 2 N–H and O–H groups in total. The summed E-state index contributed by atoms with van der Waals surface area (Å²) >= 11 is 0. The first kappa shape index (κ1) is 21.8. The Hall–Kier alpha value is -3.88. The van der Waals surface area contributed by atoms with Crippen molar-refractivity contribution in [2.24, 2.45) is 5.92 Å². The minimum atomic E-state index is -1.03. The minimum Gasteiger partial charge on any atom is -0.437 e. The maximum Gasteiger partial charge on any atom is 0.257 e. The van der Waals surface area contributed by atoms with E-state index < -0.39 is 35.1 Å². The second kappa shape index (κ2) is 9.75. The number of halogens is 2. The maximum atomic E-state index is 13.9. The SMILES string of the molecule is CC(C)[C@H](NC(=O)c1c(F)cccc1F)C(=O)Nc1cccc(Oc2cnccn2)c1. The van der Waals surface area contributed by atoms with Crippen LogP contribution < -0.4 is 15.4 Å². The molecule has 0 unspecified atom stereocenters. The van der Waals surface area contributed by atoms with Gasteiger partial charge in [-0.1, -0.05) is 26.0 Å². The van der Waals surface area contributed by atoms with Crippen molar-refractivity contribution in [3.63, 3.8) is 0 Å². The molecular weight excluding hydrogens is 406 g/mol. The van der Waals surface area contributed by atoms with Gasteiger partial charge in [-0.2, -0.15) is 0 Å². The normalized spacial score (nSPS) is 11.6. The van der Waals surface area contributed by atoms with Gasteiger partial charge in [0.15, 0.2) is 0 Å². The van der Waals surface area contributed by atoms with Crippen molar-refractivity contribution in [1.29, 1.82) is 0 Å². The van der Waals surface area contributed by atoms with Gasteiger partial charge in [0.1, 0.15) is 29.0 Å². The van der Waals surface area contributed by atoms with E-state index in [-0.39, 0.29) is 11.8 Å². The smallest absolute Gasteiger partial charge is 0.257 e. The number of benzene rings is 2. The topological polar surface area (TPSA) is 93.2 Å². The summed E-state index contributed by atoms with van der Waals surface area (Å²) in [6.45, 7) is 3.41. The van der Waals surface area contributed by atoms with Crippen molar-refractivity contribution >= 4 is 17.5 Å². The van der Waals surface area contributed by atoms with E-state index in [2.05, 4.69) is 20.6 Å². The Labute approximate surface area is 177 Å². The molecule has 0 bridgehead atoms. The van der Waals surface area contributed by atoms with Crippen molar-refractivity contribution in [1.82, 2.24) is 15.3 Å². The van der Waals surface area contributed by atoms with Crippen LogP contribution in [0.1, 0.15) is 24.2 Å². The number of hydrogen-bond acceptors (Lipinski definition) is 5. The van der Waals surface area contributed by atoms with Crippen LogP contribution in [0.4, 0.5) is 14.5 Å². The predicted molar refractivity (Wildman–Crippen MR) is 110 cm³/mol. The van der Waals surface area contributed by atoms with E-state index in [0.717, 1.165) is 18.2 Å². The highest BCUT2D eigenvalue weighted by molar-refractivity contribution is 6.01. The van der Waals surface area contributed by atoms with Crippen LogP contribution in [0.25, 0.3) is 0 Å². The van der Waals surface area contributed by atoms with Crippen LogP contribution in [0.5, 0.6) is 11.6 Å². The molecule has 0 saturated heterocycles. The fourth-order valence-electron chi connectivity index (χ4n) is 2.78. The second-order valence-electron chi connectivity index (χ2n) is 6.95. The number of carbonyl (C=O) groups is 2. The number of rotatable bonds is 7. The van der Waals surface area contributed by atoms with Crippen LogP contribution in [-0.4, -0.2) is 27.8 Å². The molecule has 3 rings (SSSR count). The standard InChI is InChI=1S/C22H20F2N4O3/c1-13(2)20(28-21(29)19-16(23)7-4-8-17(19)24)22(30)27-14-5-3-6-15(11-14)31-18-12-25-9-10-26-18/h3-13,20H,1-2H3,(H,27,30)(H,28,29)/t20-/m0/s1. The largest absolute Gasteiger partial charge is 0.437 e. The predicted octanol–water partition coefficient (Wildman–Crippen LogP) is 3.94. The molecule has 31 heavy (non-hydrogen) atoms. The Balaban J connectivity index is 1.72. The average molecular weight is 426 g/mol. The number of amides is 2. The van der Waals surface area contributed by atoms with Crippen molar-refractivity contribution in [2.45, 2.75) is 19.9 Å². The summed E-state index contributed by atoms with van der Waals surface area (Å²) in [4.78, 5) is 33.1. The first-order valence-corrected chi connectivity index (χ1v) is 9.45. The van der Waals surface area contributed by atoms with Gasteiger partial charge in [-0.05, 0) is 30.2 Å². The van der Waals surface area contributed by atoms with E-state index in [1.54, 1.807) is 38.1 Å². The molecule has 0 aliphatic carbocycles. The third-order valence-corrected chi connectivity index (χ3v) is 4.29. The highest BCUT2D eigenvalue weighted by Crippen LogP contribution is 2.22. The summed E-state index contributed by atoms with van der Waals surface area (Å²) in [5.74, 6) is -3.22. The first-order chi connectivity index (χ1) is 14.8. The number of carbonyl (C=O) groups excluding carboxylic acids is 2. The van der Waals surface area contributed by atoms with E-state index in [4.69, 9.17) is 4.74 Å². The monoisotopic (exact) mass is 426 g/mol. The highest BCUT2D eigenvalue weighted by atomic mass is 19.1. The Morgan fingerprint density at radius 1 is 1.03 bits per heavy atom. The third-order valence-electron chi connectivity index (χ3n) is 4.29. The molecule has 2 amide bonds. The summed E-state index contributed by atoms with van der Waals surface area (Å²) in [7, 11) is 0. The van der Waals surface area contributed by atoms with E-state index in [0.29, 0.717) is 11.4 Å². The van der Waals surface area contributed by atoms with Crippen molar-refractivity contribution in [2.75, 3.05) is 5.32 Å². The van der Waals surface area contributed by atoms with Gasteiger partial charge < -0.3 is 15.4 Å². The second-order valence-corrected chi connectivity index (χ2v) is 6.95. The molecule has 0 saturated carbocycles. The zero-order valence-electron chi connectivity index (χ0n) is 16.8. The molecule has 0 spiro atoms. The third kappa shape index (κ3) is 5.59. The molecule has 1 atom stereocenters. The number of hydrogen-bond donors (Lipinski definition) is 2. The van der Waals surface area contributed by atoms with E-state index in [9.17, 15) is 18.4 Å². The fourth-order valence-corrected chi connectivity index (χ4v) is 2.78. The summed E-state index contributed by atoms with van der Waals surface area (Å²) in [6, 6.07) is 8.63. The lowest BCUT2D eigenvalue weighted by Crippen LogP contribution is -2.47. The van der Waals surface area contributed by atoms with E-state index in [1.165, 1.54) is 18.6 Å². The molecule has 7 nitrogen and oxygen atoms in total. The number of ether oxygens (including phenoxy) is 1. The molecule has 0 aliphatic heterocycles. The van der Waals surface area contributed by atoms with Crippen LogP contribution in [0.15, 0.2) is 61.1 Å².